The fourth-order valence-electron chi connectivity index (χ4n) is 4.22. The van der Waals surface area contributed by atoms with Gasteiger partial charge in [-0.25, -0.2) is 4.79 Å². The zero-order valence-corrected chi connectivity index (χ0v) is 18.7. The molecule has 168 valence electrons. The van der Waals surface area contributed by atoms with Gasteiger partial charge in [0.1, 0.15) is 11.3 Å². The molecule has 0 spiro atoms. The Labute approximate surface area is 187 Å². The van der Waals surface area contributed by atoms with Crippen LogP contribution >= 0.6 is 0 Å². The minimum Gasteiger partial charge on any atom is -0.493 e. The molecular formula is C25H29N3O4. The van der Waals surface area contributed by atoms with Crippen molar-refractivity contribution in [3.05, 3.63) is 64.3 Å². The van der Waals surface area contributed by atoms with Crippen LogP contribution in [0.15, 0.2) is 51.9 Å². The van der Waals surface area contributed by atoms with Gasteiger partial charge in [0.15, 0.2) is 11.4 Å². The van der Waals surface area contributed by atoms with E-state index in [4.69, 9.17) is 9.15 Å². The van der Waals surface area contributed by atoms with Crippen LogP contribution in [0.4, 0.5) is 5.69 Å². The van der Waals surface area contributed by atoms with E-state index in [-0.39, 0.29) is 5.78 Å². The maximum atomic E-state index is 12.3. The first-order valence-electron chi connectivity index (χ1n) is 11.1. The van der Waals surface area contributed by atoms with E-state index in [1.165, 1.54) is 18.7 Å². The van der Waals surface area contributed by atoms with E-state index in [1.54, 1.807) is 6.07 Å². The van der Waals surface area contributed by atoms with Crippen LogP contribution in [0.2, 0.25) is 0 Å². The number of hydrogen-bond donors (Lipinski definition) is 0. The molecule has 7 nitrogen and oxygen atoms in total. The van der Waals surface area contributed by atoms with Gasteiger partial charge in [-0.05, 0) is 63.1 Å². The van der Waals surface area contributed by atoms with Crippen molar-refractivity contribution in [3.8, 4) is 5.75 Å². The van der Waals surface area contributed by atoms with E-state index in [0.717, 1.165) is 56.5 Å². The first kappa shape index (κ1) is 22.0. The molecule has 0 saturated carbocycles. The fourth-order valence-corrected chi connectivity index (χ4v) is 4.22. The Kier molecular flexibility index (Phi) is 6.85. The quantitative estimate of drug-likeness (QED) is 0.303. The number of anilines is 1. The first-order valence-corrected chi connectivity index (χ1v) is 11.1. The lowest BCUT2D eigenvalue weighted by atomic mass is 10.0. The maximum absolute atomic E-state index is 12.3. The molecule has 0 N–H and O–H groups in total. The molecule has 0 unspecified atom stereocenters. The van der Waals surface area contributed by atoms with Crippen LogP contribution in [0.1, 0.15) is 35.7 Å². The van der Waals surface area contributed by atoms with Crippen LogP contribution in [0.25, 0.3) is 11.0 Å². The molecular weight excluding hydrogens is 406 g/mol. The van der Waals surface area contributed by atoms with Crippen molar-refractivity contribution >= 4 is 22.4 Å². The lowest BCUT2D eigenvalue weighted by Crippen LogP contribution is -2.46. The smallest absolute Gasteiger partial charge is 0.336 e. The van der Waals surface area contributed by atoms with E-state index in [2.05, 4.69) is 26.9 Å². The van der Waals surface area contributed by atoms with Gasteiger partial charge >= 0.3 is 5.63 Å². The average molecular weight is 436 g/mol. The summed E-state index contributed by atoms with van der Waals surface area (Å²) < 4.78 is 11.3. The molecule has 1 fully saturated rings. The van der Waals surface area contributed by atoms with Crippen molar-refractivity contribution in [1.29, 1.82) is 0 Å². The molecule has 2 aromatic heterocycles. The molecule has 3 aromatic rings. The highest BCUT2D eigenvalue weighted by Crippen LogP contribution is 2.29. The van der Waals surface area contributed by atoms with E-state index >= 15 is 0 Å². The summed E-state index contributed by atoms with van der Waals surface area (Å²) in [6.07, 6.45) is 5.58. The number of hydrogen-bond acceptors (Lipinski definition) is 7. The number of unbranched alkanes of at least 4 members (excludes halogenated alkanes) is 1. The zero-order chi connectivity index (χ0) is 22.5. The van der Waals surface area contributed by atoms with Gasteiger partial charge in [-0.1, -0.05) is 0 Å². The number of carbonyl (C=O) groups excluding carboxylic acids is 1. The summed E-state index contributed by atoms with van der Waals surface area (Å²) in [4.78, 5) is 33.0. The molecule has 1 aliphatic heterocycles. The Balaban J connectivity index is 1.28. The minimum absolute atomic E-state index is 0.175. The van der Waals surface area contributed by atoms with E-state index in [9.17, 15) is 9.59 Å². The van der Waals surface area contributed by atoms with Crippen molar-refractivity contribution in [1.82, 2.24) is 9.88 Å². The molecule has 0 atom stereocenters. The Morgan fingerprint density at radius 2 is 1.84 bits per heavy atom. The Hall–Kier alpha value is -3.19. The van der Waals surface area contributed by atoms with E-state index in [1.807, 2.05) is 25.4 Å². The number of benzene rings is 1. The lowest BCUT2D eigenvalue weighted by Gasteiger charge is -2.36. The molecule has 0 aliphatic carbocycles. The highest BCUT2D eigenvalue weighted by atomic mass is 16.5. The van der Waals surface area contributed by atoms with Crippen molar-refractivity contribution in [2.45, 2.75) is 26.7 Å². The summed E-state index contributed by atoms with van der Waals surface area (Å²) in [6.45, 7) is 8.96. The highest BCUT2D eigenvalue weighted by molar-refractivity contribution is 6.07. The van der Waals surface area contributed by atoms with Crippen molar-refractivity contribution in [2.75, 3.05) is 44.2 Å². The van der Waals surface area contributed by atoms with Crippen LogP contribution in [-0.2, 0) is 0 Å². The number of ketones is 1. The second kappa shape index (κ2) is 9.96. The van der Waals surface area contributed by atoms with Gasteiger partial charge in [-0.2, -0.15) is 0 Å². The Morgan fingerprint density at radius 3 is 2.56 bits per heavy atom. The second-order valence-electron chi connectivity index (χ2n) is 8.21. The summed E-state index contributed by atoms with van der Waals surface area (Å²) in [5.41, 5.74) is 2.21. The molecule has 3 heterocycles. The molecule has 0 bridgehead atoms. The number of piperazine rings is 1. The van der Waals surface area contributed by atoms with Crippen LogP contribution < -0.4 is 15.3 Å². The van der Waals surface area contributed by atoms with Crippen molar-refractivity contribution in [2.24, 2.45) is 0 Å². The Bertz CT molecular complexity index is 1140. The van der Waals surface area contributed by atoms with Gasteiger partial charge in [-0.15, -0.1) is 0 Å². The van der Waals surface area contributed by atoms with Crippen LogP contribution in [0, 0.1) is 6.92 Å². The minimum atomic E-state index is -0.460. The number of fused-ring (bicyclic) bond motifs is 1. The third-order valence-electron chi connectivity index (χ3n) is 5.96. The zero-order valence-electron chi connectivity index (χ0n) is 18.7. The number of aromatic nitrogens is 1. The summed E-state index contributed by atoms with van der Waals surface area (Å²) in [5, 5.41) is 0.757. The Morgan fingerprint density at radius 1 is 1.09 bits per heavy atom. The van der Waals surface area contributed by atoms with E-state index in [0.29, 0.717) is 23.5 Å². The van der Waals surface area contributed by atoms with Gasteiger partial charge < -0.3 is 14.1 Å². The largest absolute Gasteiger partial charge is 0.493 e. The lowest BCUT2D eigenvalue weighted by molar-refractivity contribution is 0.101. The second-order valence-corrected chi connectivity index (χ2v) is 8.21. The standard InChI is InChI=1S/C25H29N3O4/c1-18-17-23(30)32-25-21(18)5-6-22(24(25)19(2)29)31-16-4-3-11-27-12-14-28(15-13-27)20-7-9-26-10-8-20/h5-10,17H,3-4,11-16H2,1-2H3. The third kappa shape index (κ3) is 4.99. The van der Waals surface area contributed by atoms with Crippen LogP contribution in [-0.4, -0.2) is 55.0 Å². The fraction of sp³-hybridized carbons (Fsp3) is 0.400. The van der Waals surface area contributed by atoms with Gasteiger partial charge in [0.2, 0.25) is 0 Å². The summed E-state index contributed by atoms with van der Waals surface area (Å²) in [5.74, 6) is 0.302. The van der Waals surface area contributed by atoms with Gasteiger partial charge in [0, 0.05) is 55.7 Å². The molecule has 32 heavy (non-hydrogen) atoms. The number of ether oxygens (including phenoxy) is 1. The molecule has 0 amide bonds. The highest BCUT2D eigenvalue weighted by Gasteiger charge is 2.18. The van der Waals surface area contributed by atoms with Crippen LogP contribution in [0.5, 0.6) is 5.75 Å². The molecule has 7 heteroatoms. The predicted octanol–water partition coefficient (Wildman–Crippen LogP) is 3.68. The van der Waals surface area contributed by atoms with Crippen molar-refractivity contribution in [3.63, 3.8) is 0 Å². The summed E-state index contributed by atoms with van der Waals surface area (Å²) >= 11 is 0. The topological polar surface area (TPSA) is 75.9 Å². The number of carbonyl (C=O) groups is 1. The molecule has 1 saturated heterocycles. The molecule has 1 aliphatic rings. The number of aryl methyl sites for hydroxylation is 1. The number of pyridine rings is 1. The summed E-state index contributed by atoms with van der Waals surface area (Å²) in [6, 6.07) is 9.19. The van der Waals surface area contributed by atoms with E-state index < -0.39 is 5.63 Å². The average Bonchev–Trinajstić information content (AvgIpc) is 2.79. The van der Waals surface area contributed by atoms with Gasteiger partial charge in [0.25, 0.3) is 0 Å². The van der Waals surface area contributed by atoms with Crippen LogP contribution in [0.3, 0.4) is 0 Å². The van der Waals surface area contributed by atoms with Gasteiger partial charge in [0.05, 0.1) is 6.61 Å². The normalized spacial score (nSPS) is 14.6. The number of Topliss-reactive ketones (excluding diaryl/α,β-unsaturated/α-hetero) is 1. The predicted molar refractivity (Wildman–Crippen MR) is 125 cm³/mol. The first-order chi connectivity index (χ1) is 15.5. The monoisotopic (exact) mass is 435 g/mol. The molecule has 4 rings (SSSR count). The number of nitrogens with zero attached hydrogens (tertiary/aromatic N) is 3. The third-order valence-corrected chi connectivity index (χ3v) is 5.96. The molecule has 1 aromatic carbocycles. The maximum Gasteiger partial charge on any atom is 0.336 e. The number of rotatable bonds is 8. The van der Waals surface area contributed by atoms with Crippen molar-refractivity contribution < 1.29 is 13.9 Å². The SMILES string of the molecule is CC(=O)c1c(OCCCCN2CCN(c3ccncc3)CC2)ccc2c(C)cc(=O)oc12. The summed E-state index contributed by atoms with van der Waals surface area (Å²) in [7, 11) is 0. The molecule has 0 radical (unpaired) electrons. The van der Waals surface area contributed by atoms with Gasteiger partial charge in [-0.3, -0.25) is 14.7 Å².